The number of nitrogens with zero attached hydrogens (tertiary/aromatic N) is 1. The molecule has 1 heterocycles. The van der Waals surface area contributed by atoms with E-state index < -0.39 is 0 Å². The van der Waals surface area contributed by atoms with Gasteiger partial charge in [-0.2, -0.15) is 0 Å². The highest BCUT2D eigenvalue weighted by molar-refractivity contribution is 5.97. The molecule has 0 saturated heterocycles. The van der Waals surface area contributed by atoms with Crippen molar-refractivity contribution in [2.45, 2.75) is 19.4 Å². The molecular formula is C14H20N2O3. The Labute approximate surface area is 113 Å². The molecule has 2 rings (SSSR count). The Balaban J connectivity index is 2.32. The Morgan fingerprint density at radius 3 is 2.89 bits per heavy atom. The van der Waals surface area contributed by atoms with Crippen LogP contribution in [0.5, 0.6) is 5.75 Å². The minimum Gasteiger partial charge on any atom is -0.482 e. The van der Waals surface area contributed by atoms with E-state index in [0.29, 0.717) is 5.75 Å². The molecule has 104 valence electrons. The third-order valence-corrected chi connectivity index (χ3v) is 3.72. The molecule has 1 aromatic carbocycles. The lowest BCUT2D eigenvalue weighted by Crippen LogP contribution is -2.35. The summed E-state index contributed by atoms with van der Waals surface area (Å²) < 4.78 is 5.37. The number of amides is 1. The number of ether oxygens (including phenoxy) is 1. The summed E-state index contributed by atoms with van der Waals surface area (Å²) in [5.41, 5.74) is 7.81. The molecule has 0 bridgehead atoms. The molecule has 19 heavy (non-hydrogen) atoms. The van der Waals surface area contributed by atoms with Gasteiger partial charge in [-0.25, -0.2) is 0 Å². The topological polar surface area (TPSA) is 75.8 Å². The van der Waals surface area contributed by atoms with E-state index in [-0.39, 0.29) is 31.1 Å². The predicted molar refractivity (Wildman–Crippen MR) is 73.1 cm³/mol. The summed E-state index contributed by atoms with van der Waals surface area (Å²) in [7, 11) is 1.72. The summed E-state index contributed by atoms with van der Waals surface area (Å²) in [6, 6.07) is 5.35. The van der Waals surface area contributed by atoms with Crippen LogP contribution in [-0.4, -0.2) is 31.3 Å². The summed E-state index contributed by atoms with van der Waals surface area (Å²) in [5, 5.41) is 9.32. The number of aliphatic hydroxyl groups is 1. The Bertz CT molecular complexity index is 472. The molecule has 2 unspecified atom stereocenters. The van der Waals surface area contributed by atoms with E-state index >= 15 is 0 Å². The van der Waals surface area contributed by atoms with Crippen molar-refractivity contribution < 1.29 is 14.6 Å². The quantitative estimate of drug-likeness (QED) is 0.852. The fraction of sp³-hybridized carbons (Fsp3) is 0.500. The summed E-state index contributed by atoms with van der Waals surface area (Å²) in [6.45, 7) is 2.13. The molecule has 5 nitrogen and oxygen atoms in total. The molecule has 1 aromatic rings. The van der Waals surface area contributed by atoms with Crippen molar-refractivity contribution in [3.8, 4) is 5.75 Å². The van der Waals surface area contributed by atoms with Gasteiger partial charge in [-0.15, -0.1) is 0 Å². The van der Waals surface area contributed by atoms with Crippen LogP contribution in [0.2, 0.25) is 0 Å². The van der Waals surface area contributed by atoms with Gasteiger partial charge >= 0.3 is 0 Å². The molecule has 0 fully saturated rings. The largest absolute Gasteiger partial charge is 0.482 e. The molecule has 0 aliphatic carbocycles. The van der Waals surface area contributed by atoms with E-state index in [1.807, 2.05) is 25.1 Å². The van der Waals surface area contributed by atoms with Crippen LogP contribution in [0.25, 0.3) is 0 Å². The normalized spacial score (nSPS) is 17.7. The zero-order chi connectivity index (χ0) is 14.0. The van der Waals surface area contributed by atoms with E-state index in [4.69, 9.17) is 10.5 Å². The standard InChI is InChI=1S/C14H20N2O3/c1-3-9(7-17)14(15)10-4-5-12-11(6-10)16(2)13(18)8-19-12/h4-6,9,14,17H,3,7-8,15H2,1-2H3. The molecule has 0 saturated carbocycles. The molecule has 1 aliphatic heterocycles. The summed E-state index contributed by atoms with van der Waals surface area (Å²) >= 11 is 0. The van der Waals surface area contributed by atoms with Crippen LogP contribution in [0.4, 0.5) is 5.69 Å². The van der Waals surface area contributed by atoms with Gasteiger partial charge in [0.05, 0.1) is 5.69 Å². The second-order valence-corrected chi connectivity index (χ2v) is 4.85. The van der Waals surface area contributed by atoms with Crippen LogP contribution >= 0.6 is 0 Å². The van der Waals surface area contributed by atoms with Crippen LogP contribution < -0.4 is 15.4 Å². The van der Waals surface area contributed by atoms with Gasteiger partial charge in [0.1, 0.15) is 5.75 Å². The number of fused-ring (bicyclic) bond motifs is 1. The SMILES string of the molecule is CCC(CO)C(N)c1ccc2c(c1)N(C)C(=O)CO2. The number of hydrogen-bond donors (Lipinski definition) is 2. The van der Waals surface area contributed by atoms with Gasteiger partial charge in [-0.1, -0.05) is 13.0 Å². The minimum atomic E-state index is -0.245. The smallest absolute Gasteiger partial charge is 0.264 e. The summed E-state index contributed by atoms with van der Waals surface area (Å²) in [4.78, 5) is 13.2. The predicted octanol–water partition coefficient (Wildman–Crippen LogP) is 1.06. The van der Waals surface area contributed by atoms with Gasteiger partial charge < -0.3 is 20.5 Å². The molecule has 5 heteroatoms. The highest BCUT2D eigenvalue weighted by Crippen LogP contribution is 2.34. The first-order chi connectivity index (χ1) is 9.08. The van der Waals surface area contributed by atoms with Crippen molar-refractivity contribution in [1.82, 2.24) is 0 Å². The lowest BCUT2D eigenvalue weighted by molar-refractivity contribution is -0.120. The van der Waals surface area contributed by atoms with E-state index in [2.05, 4.69) is 0 Å². The van der Waals surface area contributed by atoms with E-state index in [9.17, 15) is 9.90 Å². The molecule has 0 radical (unpaired) electrons. The highest BCUT2D eigenvalue weighted by Gasteiger charge is 2.24. The molecule has 2 atom stereocenters. The second-order valence-electron chi connectivity index (χ2n) is 4.85. The van der Waals surface area contributed by atoms with Gasteiger partial charge in [0.15, 0.2) is 6.61 Å². The number of hydrogen-bond acceptors (Lipinski definition) is 4. The number of aliphatic hydroxyl groups excluding tert-OH is 1. The lowest BCUT2D eigenvalue weighted by atomic mass is 9.92. The van der Waals surface area contributed by atoms with Gasteiger partial charge in [0.2, 0.25) is 0 Å². The van der Waals surface area contributed by atoms with E-state index in [1.165, 1.54) is 0 Å². The summed E-state index contributed by atoms with van der Waals surface area (Å²) in [6.07, 6.45) is 0.806. The van der Waals surface area contributed by atoms with Crippen LogP contribution in [0.3, 0.4) is 0 Å². The Kier molecular flexibility index (Phi) is 4.07. The molecular weight excluding hydrogens is 244 g/mol. The molecule has 3 N–H and O–H groups in total. The van der Waals surface area contributed by atoms with Crippen LogP contribution in [-0.2, 0) is 4.79 Å². The average Bonchev–Trinajstić information content (AvgIpc) is 2.44. The molecule has 1 aliphatic rings. The maximum atomic E-state index is 11.6. The maximum absolute atomic E-state index is 11.6. The van der Waals surface area contributed by atoms with Crippen LogP contribution in [0.15, 0.2) is 18.2 Å². The lowest BCUT2D eigenvalue weighted by Gasteiger charge is -2.28. The third kappa shape index (κ3) is 2.57. The first-order valence-electron chi connectivity index (χ1n) is 6.48. The number of likely N-dealkylation sites (N-methyl/N-ethyl adjacent to an activating group) is 1. The average molecular weight is 264 g/mol. The number of nitrogens with two attached hydrogens (primary N) is 1. The minimum absolute atomic E-state index is 0.0172. The molecule has 1 amide bonds. The van der Waals surface area contributed by atoms with Crippen molar-refractivity contribution >= 4 is 11.6 Å². The highest BCUT2D eigenvalue weighted by atomic mass is 16.5. The monoisotopic (exact) mass is 264 g/mol. The third-order valence-electron chi connectivity index (χ3n) is 3.72. The molecule has 0 spiro atoms. The molecule has 0 aromatic heterocycles. The van der Waals surface area contributed by atoms with Crippen molar-refractivity contribution in [2.24, 2.45) is 11.7 Å². The Hall–Kier alpha value is -1.59. The number of benzene rings is 1. The first kappa shape index (κ1) is 13.8. The van der Waals surface area contributed by atoms with Crippen molar-refractivity contribution in [2.75, 3.05) is 25.2 Å². The Morgan fingerprint density at radius 2 is 2.26 bits per heavy atom. The van der Waals surface area contributed by atoms with Crippen LogP contribution in [0.1, 0.15) is 24.9 Å². The zero-order valence-corrected chi connectivity index (χ0v) is 11.3. The van der Waals surface area contributed by atoms with E-state index in [1.54, 1.807) is 11.9 Å². The van der Waals surface area contributed by atoms with Gasteiger partial charge in [0, 0.05) is 25.6 Å². The van der Waals surface area contributed by atoms with E-state index in [0.717, 1.165) is 17.7 Å². The van der Waals surface area contributed by atoms with Gasteiger partial charge in [-0.3, -0.25) is 4.79 Å². The number of carbonyl (C=O) groups is 1. The summed E-state index contributed by atoms with van der Waals surface area (Å²) in [5.74, 6) is 0.631. The fourth-order valence-electron chi connectivity index (χ4n) is 2.27. The van der Waals surface area contributed by atoms with Gasteiger partial charge in [0.25, 0.3) is 5.91 Å². The van der Waals surface area contributed by atoms with Crippen molar-refractivity contribution in [3.05, 3.63) is 23.8 Å². The van der Waals surface area contributed by atoms with Crippen molar-refractivity contribution in [1.29, 1.82) is 0 Å². The van der Waals surface area contributed by atoms with Crippen LogP contribution in [0, 0.1) is 5.92 Å². The van der Waals surface area contributed by atoms with Crippen molar-refractivity contribution in [3.63, 3.8) is 0 Å². The second kappa shape index (κ2) is 5.59. The number of anilines is 1. The number of carbonyl (C=O) groups excluding carboxylic acids is 1. The maximum Gasteiger partial charge on any atom is 0.264 e. The fourth-order valence-corrected chi connectivity index (χ4v) is 2.27. The number of rotatable bonds is 4. The Morgan fingerprint density at radius 1 is 1.53 bits per heavy atom. The first-order valence-corrected chi connectivity index (χ1v) is 6.48. The zero-order valence-electron chi connectivity index (χ0n) is 11.3. The van der Waals surface area contributed by atoms with Gasteiger partial charge in [-0.05, 0) is 24.1 Å².